The summed E-state index contributed by atoms with van der Waals surface area (Å²) in [6.45, 7) is -0.304. The van der Waals surface area contributed by atoms with Crippen LogP contribution in [0.5, 0.6) is 11.5 Å². The van der Waals surface area contributed by atoms with Gasteiger partial charge in [-0.2, -0.15) is 0 Å². The van der Waals surface area contributed by atoms with Crippen LogP contribution in [-0.2, 0) is 4.79 Å². The number of rotatable bonds is 7. The maximum atomic E-state index is 11.8. The first-order valence-electron chi connectivity index (χ1n) is 5.81. The number of hydrogen-bond acceptors (Lipinski definition) is 6. The number of methoxy groups -OCH3 is 1. The summed E-state index contributed by atoms with van der Waals surface area (Å²) in [6.07, 6.45) is 0. The van der Waals surface area contributed by atoms with Gasteiger partial charge in [-0.25, -0.2) is 5.84 Å². The number of aliphatic hydroxyl groups excluding tert-OH is 1. The predicted molar refractivity (Wildman–Crippen MR) is 70.2 cm³/mol. The van der Waals surface area contributed by atoms with E-state index in [0.717, 1.165) is 0 Å². The minimum Gasteiger partial charge on any atom is -0.493 e. The van der Waals surface area contributed by atoms with Crippen molar-refractivity contribution in [1.29, 1.82) is 0 Å². The van der Waals surface area contributed by atoms with Crippen LogP contribution in [0.4, 0.5) is 0 Å². The summed E-state index contributed by atoms with van der Waals surface area (Å²) in [6, 6.07) is 4.55. The van der Waals surface area contributed by atoms with Crippen molar-refractivity contribution in [2.24, 2.45) is 5.84 Å². The van der Waals surface area contributed by atoms with Gasteiger partial charge in [0.15, 0.2) is 11.5 Å². The SMILES string of the molecule is COc1ccc(C(=O)NCC(=O)NN)cc1OCCO. The van der Waals surface area contributed by atoms with Crippen molar-refractivity contribution >= 4 is 11.8 Å². The van der Waals surface area contributed by atoms with Crippen molar-refractivity contribution < 1.29 is 24.2 Å². The van der Waals surface area contributed by atoms with Gasteiger partial charge in [-0.1, -0.05) is 0 Å². The summed E-state index contributed by atoms with van der Waals surface area (Å²) < 4.78 is 10.3. The molecule has 0 saturated carbocycles. The first kappa shape index (κ1) is 15.7. The Labute approximate surface area is 115 Å². The molecule has 1 aromatic carbocycles. The second-order valence-corrected chi connectivity index (χ2v) is 3.69. The molecule has 0 aliphatic rings. The number of nitrogens with two attached hydrogens (primary N) is 1. The van der Waals surface area contributed by atoms with Crippen LogP contribution in [0.2, 0.25) is 0 Å². The highest BCUT2D eigenvalue weighted by Gasteiger charge is 2.12. The average molecular weight is 283 g/mol. The molecule has 0 atom stereocenters. The molecule has 1 rings (SSSR count). The summed E-state index contributed by atoms with van der Waals surface area (Å²) in [4.78, 5) is 22.7. The van der Waals surface area contributed by atoms with Gasteiger partial charge in [0.1, 0.15) is 6.61 Å². The summed E-state index contributed by atoms with van der Waals surface area (Å²) in [7, 11) is 1.46. The van der Waals surface area contributed by atoms with E-state index in [1.54, 1.807) is 6.07 Å². The third-order valence-electron chi connectivity index (χ3n) is 2.35. The first-order chi connectivity index (χ1) is 9.62. The third kappa shape index (κ3) is 4.41. The standard InChI is InChI=1S/C12H17N3O5/c1-19-9-3-2-8(6-10(9)20-5-4-16)12(18)14-7-11(17)15-13/h2-3,6,16H,4-5,7,13H2,1H3,(H,14,18)(H,15,17). The smallest absolute Gasteiger partial charge is 0.253 e. The fourth-order valence-corrected chi connectivity index (χ4v) is 1.40. The molecule has 0 unspecified atom stereocenters. The molecule has 0 aliphatic heterocycles. The van der Waals surface area contributed by atoms with E-state index in [-0.39, 0.29) is 19.8 Å². The van der Waals surface area contributed by atoms with Gasteiger partial charge in [0, 0.05) is 5.56 Å². The van der Waals surface area contributed by atoms with Gasteiger partial charge in [-0.05, 0) is 18.2 Å². The van der Waals surface area contributed by atoms with E-state index in [4.69, 9.17) is 20.4 Å². The number of hydrazine groups is 1. The highest BCUT2D eigenvalue weighted by molar-refractivity contribution is 5.96. The van der Waals surface area contributed by atoms with Crippen LogP contribution in [0.15, 0.2) is 18.2 Å². The van der Waals surface area contributed by atoms with E-state index in [0.29, 0.717) is 17.1 Å². The van der Waals surface area contributed by atoms with E-state index < -0.39 is 11.8 Å². The van der Waals surface area contributed by atoms with Crippen molar-refractivity contribution in [3.05, 3.63) is 23.8 Å². The second kappa shape index (κ2) is 7.97. The molecule has 0 saturated heterocycles. The fraction of sp³-hybridized carbons (Fsp3) is 0.333. The fourth-order valence-electron chi connectivity index (χ4n) is 1.40. The Morgan fingerprint density at radius 1 is 1.35 bits per heavy atom. The van der Waals surface area contributed by atoms with Crippen molar-refractivity contribution in [2.75, 3.05) is 26.9 Å². The second-order valence-electron chi connectivity index (χ2n) is 3.69. The molecule has 8 heteroatoms. The summed E-state index contributed by atoms with van der Waals surface area (Å²) in [5.74, 6) is 4.71. The van der Waals surface area contributed by atoms with Gasteiger partial charge in [-0.15, -0.1) is 0 Å². The van der Waals surface area contributed by atoms with Crippen LogP contribution in [0.25, 0.3) is 0 Å². The Balaban J connectivity index is 2.79. The number of benzene rings is 1. The van der Waals surface area contributed by atoms with Crippen molar-refractivity contribution in [2.45, 2.75) is 0 Å². The molecule has 0 fully saturated rings. The van der Waals surface area contributed by atoms with E-state index in [1.807, 2.05) is 5.43 Å². The maximum Gasteiger partial charge on any atom is 0.253 e. The quantitative estimate of drug-likeness (QED) is 0.283. The molecule has 1 aromatic rings. The zero-order valence-electron chi connectivity index (χ0n) is 11.0. The summed E-state index contributed by atoms with van der Waals surface area (Å²) in [5.41, 5.74) is 2.20. The van der Waals surface area contributed by atoms with Crippen molar-refractivity contribution in [1.82, 2.24) is 10.7 Å². The molecule has 0 radical (unpaired) electrons. The number of carbonyl (C=O) groups is 2. The van der Waals surface area contributed by atoms with Crippen LogP contribution in [0.3, 0.4) is 0 Å². The van der Waals surface area contributed by atoms with Crippen LogP contribution >= 0.6 is 0 Å². The minimum atomic E-state index is -0.511. The Bertz CT molecular complexity index is 478. The van der Waals surface area contributed by atoms with Crippen LogP contribution in [0.1, 0.15) is 10.4 Å². The van der Waals surface area contributed by atoms with Gasteiger partial charge in [0.05, 0.1) is 20.3 Å². The van der Waals surface area contributed by atoms with Gasteiger partial charge >= 0.3 is 0 Å². The molecular formula is C12H17N3O5. The zero-order valence-corrected chi connectivity index (χ0v) is 11.0. The molecule has 2 amide bonds. The minimum absolute atomic E-state index is 0.0804. The topological polar surface area (TPSA) is 123 Å². The average Bonchev–Trinajstić information content (AvgIpc) is 2.49. The molecule has 110 valence electrons. The highest BCUT2D eigenvalue weighted by atomic mass is 16.5. The zero-order chi connectivity index (χ0) is 15.0. The molecular weight excluding hydrogens is 266 g/mol. The third-order valence-corrected chi connectivity index (χ3v) is 2.35. The molecule has 0 bridgehead atoms. The number of ether oxygens (including phenoxy) is 2. The van der Waals surface area contributed by atoms with E-state index in [2.05, 4.69) is 5.32 Å². The first-order valence-corrected chi connectivity index (χ1v) is 5.81. The lowest BCUT2D eigenvalue weighted by atomic mass is 10.2. The summed E-state index contributed by atoms with van der Waals surface area (Å²) in [5, 5.41) is 11.1. The lowest BCUT2D eigenvalue weighted by molar-refractivity contribution is -0.120. The van der Waals surface area contributed by atoms with Gasteiger partial charge in [0.25, 0.3) is 11.8 Å². The summed E-state index contributed by atoms with van der Waals surface area (Å²) >= 11 is 0. The van der Waals surface area contributed by atoms with Crippen LogP contribution in [0, 0.1) is 0 Å². The van der Waals surface area contributed by atoms with Crippen molar-refractivity contribution in [3.63, 3.8) is 0 Å². The van der Waals surface area contributed by atoms with Crippen LogP contribution in [-0.4, -0.2) is 43.8 Å². The lowest BCUT2D eigenvalue weighted by Gasteiger charge is -2.11. The molecule has 0 aliphatic carbocycles. The Kier molecular flexibility index (Phi) is 6.27. The molecule has 8 nitrogen and oxygen atoms in total. The lowest BCUT2D eigenvalue weighted by Crippen LogP contribution is -2.40. The van der Waals surface area contributed by atoms with Gasteiger partial charge in [0.2, 0.25) is 0 Å². The largest absolute Gasteiger partial charge is 0.493 e. The van der Waals surface area contributed by atoms with E-state index in [9.17, 15) is 9.59 Å². The number of nitrogens with one attached hydrogen (secondary N) is 2. The normalized spacial score (nSPS) is 9.75. The maximum absolute atomic E-state index is 11.8. The molecule has 0 aromatic heterocycles. The van der Waals surface area contributed by atoms with E-state index in [1.165, 1.54) is 19.2 Å². The Morgan fingerprint density at radius 3 is 2.70 bits per heavy atom. The highest BCUT2D eigenvalue weighted by Crippen LogP contribution is 2.27. The molecule has 5 N–H and O–H groups in total. The monoisotopic (exact) mass is 283 g/mol. The number of hydrogen-bond donors (Lipinski definition) is 4. The molecule has 0 spiro atoms. The predicted octanol–water partition coefficient (Wildman–Crippen LogP) is -1.21. The number of aliphatic hydroxyl groups is 1. The van der Waals surface area contributed by atoms with E-state index >= 15 is 0 Å². The van der Waals surface area contributed by atoms with Gasteiger partial charge < -0.3 is 19.9 Å². The number of amides is 2. The van der Waals surface area contributed by atoms with Crippen molar-refractivity contribution in [3.8, 4) is 11.5 Å². The molecule has 0 heterocycles. The number of carbonyl (C=O) groups excluding carboxylic acids is 2. The molecule has 20 heavy (non-hydrogen) atoms. The van der Waals surface area contributed by atoms with Crippen LogP contribution < -0.4 is 26.1 Å². The Hall–Kier alpha value is -2.32. The van der Waals surface area contributed by atoms with Gasteiger partial charge in [-0.3, -0.25) is 15.0 Å². The Morgan fingerprint density at radius 2 is 2.10 bits per heavy atom.